The van der Waals surface area contributed by atoms with Gasteiger partial charge in [0.2, 0.25) is 0 Å². The lowest BCUT2D eigenvalue weighted by atomic mass is 10.0. The third kappa shape index (κ3) is 5.55. The maximum Gasteiger partial charge on any atom is 0.336 e. The van der Waals surface area contributed by atoms with Gasteiger partial charge in [0.05, 0.1) is 13.2 Å². The minimum absolute atomic E-state index is 0.174. The largest absolute Gasteiger partial charge is 0.481 e. The van der Waals surface area contributed by atoms with Crippen molar-refractivity contribution >= 4 is 16.9 Å². The minimum Gasteiger partial charge on any atom is -0.481 e. The quantitative estimate of drug-likeness (QED) is 0.432. The van der Waals surface area contributed by atoms with E-state index in [1.807, 2.05) is 36.4 Å². The number of morpholine rings is 1. The standard InChI is InChI=1S/C25H28N2O5/c1-18(25(29)26-10-5-11-27-12-14-30-15-13-27)31-20-8-9-21-22(19-6-3-2-4-7-19)17-24(28)32-23(21)16-20/h2-4,6-9,16-18H,5,10-15H2,1H3,(H,26,29)/t18-/m0/s1. The van der Waals surface area contributed by atoms with Crippen LogP contribution in [-0.2, 0) is 9.53 Å². The summed E-state index contributed by atoms with van der Waals surface area (Å²) in [6.45, 7) is 6.67. The van der Waals surface area contributed by atoms with Crippen LogP contribution in [0.2, 0.25) is 0 Å². The molecule has 1 aliphatic heterocycles. The molecule has 2 aromatic carbocycles. The summed E-state index contributed by atoms with van der Waals surface area (Å²) < 4.78 is 16.6. The molecule has 1 N–H and O–H groups in total. The first-order valence-corrected chi connectivity index (χ1v) is 11.0. The monoisotopic (exact) mass is 436 g/mol. The number of rotatable bonds is 8. The molecule has 32 heavy (non-hydrogen) atoms. The molecule has 168 valence electrons. The Balaban J connectivity index is 1.37. The van der Waals surface area contributed by atoms with Gasteiger partial charge in [-0.25, -0.2) is 4.79 Å². The molecule has 1 aromatic heterocycles. The molecule has 1 atom stereocenters. The zero-order valence-electron chi connectivity index (χ0n) is 18.2. The molecule has 1 saturated heterocycles. The average molecular weight is 437 g/mol. The predicted molar refractivity (Wildman–Crippen MR) is 123 cm³/mol. The van der Waals surface area contributed by atoms with Crippen LogP contribution in [0.4, 0.5) is 0 Å². The summed E-state index contributed by atoms with van der Waals surface area (Å²) in [6, 6.07) is 16.5. The number of amides is 1. The van der Waals surface area contributed by atoms with E-state index in [1.165, 1.54) is 6.07 Å². The number of nitrogens with zero attached hydrogens (tertiary/aromatic N) is 1. The van der Waals surface area contributed by atoms with Crippen LogP contribution in [0.3, 0.4) is 0 Å². The molecule has 4 rings (SSSR count). The predicted octanol–water partition coefficient (Wildman–Crippen LogP) is 3.07. The van der Waals surface area contributed by atoms with Crippen molar-refractivity contribution in [1.82, 2.24) is 10.2 Å². The second kappa shape index (κ2) is 10.4. The Morgan fingerprint density at radius 3 is 2.69 bits per heavy atom. The molecule has 0 bridgehead atoms. The van der Waals surface area contributed by atoms with Gasteiger partial charge in [-0.2, -0.15) is 0 Å². The van der Waals surface area contributed by atoms with E-state index < -0.39 is 11.7 Å². The van der Waals surface area contributed by atoms with Crippen molar-refractivity contribution in [3.8, 4) is 16.9 Å². The van der Waals surface area contributed by atoms with Crippen LogP contribution >= 0.6 is 0 Å². The fourth-order valence-corrected chi connectivity index (χ4v) is 3.81. The molecule has 2 heterocycles. The number of hydrogen-bond donors (Lipinski definition) is 1. The molecular weight excluding hydrogens is 408 g/mol. The molecule has 1 fully saturated rings. The van der Waals surface area contributed by atoms with Gasteiger partial charge in [-0.1, -0.05) is 30.3 Å². The van der Waals surface area contributed by atoms with Crippen molar-refractivity contribution in [3.05, 3.63) is 65.0 Å². The number of fused-ring (bicyclic) bond motifs is 1. The maximum atomic E-state index is 12.4. The minimum atomic E-state index is -0.667. The van der Waals surface area contributed by atoms with E-state index >= 15 is 0 Å². The number of benzene rings is 2. The van der Waals surface area contributed by atoms with E-state index in [0.29, 0.717) is 17.9 Å². The van der Waals surface area contributed by atoms with Gasteiger partial charge in [0.15, 0.2) is 6.10 Å². The highest BCUT2D eigenvalue weighted by Crippen LogP contribution is 2.29. The lowest BCUT2D eigenvalue weighted by Gasteiger charge is -2.26. The highest BCUT2D eigenvalue weighted by atomic mass is 16.5. The molecule has 0 unspecified atom stereocenters. The van der Waals surface area contributed by atoms with Gasteiger partial charge in [-0.15, -0.1) is 0 Å². The molecule has 3 aromatic rings. The first-order chi connectivity index (χ1) is 15.6. The first kappa shape index (κ1) is 22.0. The summed E-state index contributed by atoms with van der Waals surface area (Å²) >= 11 is 0. The van der Waals surface area contributed by atoms with Crippen LogP contribution in [0, 0.1) is 0 Å². The highest BCUT2D eigenvalue weighted by molar-refractivity contribution is 5.93. The van der Waals surface area contributed by atoms with Crippen LogP contribution in [0.5, 0.6) is 5.75 Å². The van der Waals surface area contributed by atoms with Crippen molar-refractivity contribution < 1.29 is 18.7 Å². The normalized spacial score (nSPS) is 15.4. The van der Waals surface area contributed by atoms with Crippen LogP contribution in [0.15, 0.2) is 63.8 Å². The number of ether oxygens (including phenoxy) is 2. The third-order valence-electron chi connectivity index (χ3n) is 5.54. The summed E-state index contributed by atoms with van der Waals surface area (Å²) in [7, 11) is 0. The molecule has 1 aliphatic rings. The molecule has 0 spiro atoms. The van der Waals surface area contributed by atoms with Gasteiger partial charge in [0, 0.05) is 37.2 Å². The Kier molecular flexibility index (Phi) is 7.19. The van der Waals surface area contributed by atoms with E-state index in [9.17, 15) is 9.59 Å². The van der Waals surface area contributed by atoms with Gasteiger partial charge < -0.3 is 19.2 Å². The van der Waals surface area contributed by atoms with Gasteiger partial charge >= 0.3 is 5.63 Å². The summed E-state index contributed by atoms with van der Waals surface area (Å²) in [5, 5.41) is 3.73. The third-order valence-corrected chi connectivity index (χ3v) is 5.54. The van der Waals surface area contributed by atoms with Crippen molar-refractivity contribution in [3.63, 3.8) is 0 Å². The van der Waals surface area contributed by atoms with Crippen molar-refractivity contribution in [2.75, 3.05) is 39.4 Å². The number of carbonyl (C=O) groups excluding carboxylic acids is 1. The molecule has 1 amide bonds. The van der Waals surface area contributed by atoms with Gasteiger partial charge in [0.25, 0.3) is 5.91 Å². The maximum absolute atomic E-state index is 12.4. The second-order valence-electron chi connectivity index (χ2n) is 7.86. The molecule has 0 saturated carbocycles. The van der Waals surface area contributed by atoms with Gasteiger partial charge in [-0.3, -0.25) is 9.69 Å². The fraction of sp³-hybridized carbons (Fsp3) is 0.360. The Labute approximate surface area is 186 Å². The Morgan fingerprint density at radius 2 is 1.91 bits per heavy atom. The molecule has 7 nitrogen and oxygen atoms in total. The number of carbonyl (C=O) groups is 1. The molecular formula is C25H28N2O5. The first-order valence-electron chi connectivity index (χ1n) is 11.0. The number of hydrogen-bond acceptors (Lipinski definition) is 6. The summed E-state index contributed by atoms with van der Waals surface area (Å²) in [5.41, 5.74) is 1.73. The topological polar surface area (TPSA) is 81.0 Å². The summed E-state index contributed by atoms with van der Waals surface area (Å²) in [5.74, 6) is 0.299. The Hall–Kier alpha value is -3.16. The van der Waals surface area contributed by atoms with Crippen LogP contribution in [0.25, 0.3) is 22.1 Å². The van der Waals surface area contributed by atoms with E-state index in [2.05, 4.69) is 10.2 Å². The summed E-state index contributed by atoms with van der Waals surface area (Å²) in [6.07, 6.45) is 0.210. The van der Waals surface area contributed by atoms with Crippen LogP contribution in [-0.4, -0.2) is 56.3 Å². The second-order valence-corrected chi connectivity index (χ2v) is 7.86. The van der Waals surface area contributed by atoms with Gasteiger partial charge in [-0.05, 0) is 43.1 Å². The Bertz CT molecular complexity index is 1110. The Morgan fingerprint density at radius 1 is 1.12 bits per heavy atom. The molecule has 0 radical (unpaired) electrons. The van der Waals surface area contributed by atoms with E-state index in [-0.39, 0.29) is 5.91 Å². The number of nitrogens with one attached hydrogen (secondary N) is 1. The smallest absolute Gasteiger partial charge is 0.336 e. The molecule has 7 heteroatoms. The van der Waals surface area contributed by atoms with Crippen LogP contribution < -0.4 is 15.7 Å². The summed E-state index contributed by atoms with van der Waals surface area (Å²) in [4.78, 5) is 26.8. The van der Waals surface area contributed by atoms with Crippen molar-refractivity contribution in [2.24, 2.45) is 0 Å². The average Bonchev–Trinajstić information content (AvgIpc) is 2.82. The lowest BCUT2D eigenvalue weighted by Crippen LogP contribution is -2.40. The van der Waals surface area contributed by atoms with E-state index in [1.54, 1.807) is 19.1 Å². The SMILES string of the molecule is C[C@H](Oc1ccc2c(-c3ccccc3)cc(=O)oc2c1)C(=O)NCCCN1CCOCC1. The van der Waals surface area contributed by atoms with Crippen LogP contribution in [0.1, 0.15) is 13.3 Å². The lowest BCUT2D eigenvalue weighted by molar-refractivity contribution is -0.127. The van der Waals surface area contributed by atoms with Crippen molar-refractivity contribution in [2.45, 2.75) is 19.4 Å². The highest BCUT2D eigenvalue weighted by Gasteiger charge is 2.16. The van der Waals surface area contributed by atoms with E-state index in [0.717, 1.165) is 55.8 Å². The van der Waals surface area contributed by atoms with Gasteiger partial charge in [0.1, 0.15) is 11.3 Å². The van der Waals surface area contributed by atoms with Crippen molar-refractivity contribution in [1.29, 1.82) is 0 Å². The molecule has 0 aliphatic carbocycles. The fourth-order valence-electron chi connectivity index (χ4n) is 3.81. The zero-order chi connectivity index (χ0) is 22.3. The van der Waals surface area contributed by atoms with E-state index in [4.69, 9.17) is 13.9 Å². The zero-order valence-corrected chi connectivity index (χ0v) is 18.2.